The molecule has 0 unspecified atom stereocenters. The Bertz CT molecular complexity index is 1100. The molecule has 0 aliphatic carbocycles. The van der Waals surface area contributed by atoms with Crippen LogP contribution in [0, 0.1) is 5.92 Å². The van der Waals surface area contributed by atoms with Gasteiger partial charge in [-0.2, -0.15) is 0 Å². The van der Waals surface area contributed by atoms with Crippen molar-refractivity contribution in [3.63, 3.8) is 0 Å². The van der Waals surface area contributed by atoms with Gasteiger partial charge in [0.05, 0.1) is 0 Å². The Morgan fingerprint density at radius 3 is 2.18 bits per heavy atom. The molecule has 34 heavy (non-hydrogen) atoms. The second-order valence-electron chi connectivity index (χ2n) is 8.43. The number of carbonyl (C=O) groups excluding carboxylic acids is 2. The van der Waals surface area contributed by atoms with E-state index in [0.29, 0.717) is 39.1 Å². The number of rotatable bonds is 8. The molecule has 1 N–H and O–H groups in total. The van der Waals surface area contributed by atoms with Gasteiger partial charge < -0.3 is 15.0 Å². The second-order valence-corrected chi connectivity index (χ2v) is 8.43. The van der Waals surface area contributed by atoms with Gasteiger partial charge in [-0.3, -0.25) is 9.59 Å². The molecule has 0 bridgehead atoms. The smallest absolute Gasteiger partial charge is 0.246 e. The van der Waals surface area contributed by atoms with Crippen molar-refractivity contribution in [2.45, 2.75) is 26.0 Å². The van der Waals surface area contributed by atoms with Crippen molar-refractivity contribution in [1.82, 2.24) is 10.2 Å². The highest BCUT2D eigenvalue weighted by Gasteiger charge is 2.26. The zero-order valence-electron chi connectivity index (χ0n) is 19.2. The third-order valence-electron chi connectivity index (χ3n) is 6.10. The normalized spacial score (nSPS) is 14.2. The third kappa shape index (κ3) is 6.58. The van der Waals surface area contributed by atoms with Gasteiger partial charge in [-0.1, -0.05) is 72.8 Å². The van der Waals surface area contributed by atoms with Crippen molar-refractivity contribution in [3.8, 4) is 5.75 Å². The van der Waals surface area contributed by atoms with Gasteiger partial charge in [-0.25, -0.2) is 0 Å². The van der Waals surface area contributed by atoms with E-state index < -0.39 is 0 Å². The Balaban J connectivity index is 1.24. The number of carbonyl (C=O) groups is 2. The summed E-state index contributed by atoms with van der Waals surface area (Å²) in [6.07, 6.45) is 4.80. The molecule has 3 aromatic rings. The number of amides is 2. The molecule has 5 nitrogen and oxygen atoms in total. The summed E-state index contributed by atoms with van der Waals surface area (Å²) in [5.41, 5.74) is 3.10. The molecule has 3 aromatic carbocycles. The molecule has 0 aromatic heterocycles. The number of hydrogen-bond donors (Lipinski definition) is 1. The first-order chi connectivity index (χ1) is 16.7. The fraction of sp³-hybridized carbons (Fsp3) is 0.241. The highest BCUT2D eigenvalue weighted by Crippen LogP contribution is 2.19. The molecule has 1 fully saturated rings. The molecule has 4 rings (SSSR count). The Labute approximate surface area is 201 Å². The molecule has 1 saturated heterocycles. The van der Waals surface area contributed by atoms with Crippen LogP contribution in [0.3, 0.4) is 0 Å². The number of nitrogens with zero attached hydrogens (tertiary/aromatic N) is 1. The number of para-hydroxylation sites is 1. The van der Waals surface area contributed by atoms with Gasteiger partial charge in [0, 0.05) is 31.6 Å². The van der Waals surface area contributed by atoms with Crippen LogP contribution in [0.2, 0.25) is 0 Å². The lowest BCUT2D eigenvalue weighted by Crippen LogP contribution is -2.42. The number of piperidine rings is 1. The summed E-state index contributed by atoms with van der Waals surface area (Å²) >= 11 is 0. The van der Waals surface area contributed by atoms with Crippen LogP contribution in [-0.4, -0.2) is 29.8 Å². The standard InChI is InChI=1S/C29H30N2O3/c32-28(16-15-23-9-3-1-4-10-23)31-19-17-24(18-20-31)29(33)30-21-25-11-7-8-12-26(25)22-34-27-13-5-2-6-14-27/h1-16,24H,17-22H2,(H,30,33)/b16-15+. The van der Waals surface area contributed by atoms with E-state index in [-0.39, 0.29) is 17.7 Å². The fourth-order valence-corrected chi connectivity index (χ4v) is 4.07. The van der Waals surface area contributed by atoms with Gasteiger partial charge in [0.15, 0.2) is 0 Å². The summed E-state index contributed by atoms with van der Waals surface area (Å²) in [7, 11) is 0. The molecule has 5 heteroatoms. The maximum atomic E-state index is 12.8. The molecule has 0 radical (unpaired) electrons. The molecule has 0 atom stereocenters. The van der Waals surface area contributed by atoms with Gasteiger partial charge in [-0.05, 0) is 47.7 Å². The van der Waals surface area contributed by atoms with Crippen LogP contribution in [0.4, 0.5) is 0 Å². The van der Waals surface area contributed by atoms with Crippen molar-refractivity contribution in [2.24, 2.45) is 5.92 Å². The van der Waals surface area contributed by atoms with Crippen LogP contribution < -0.4 is 10.1 Å². The lowest BCUT2D eigenvalue weighted by atomic mass is 9.95. The fourth-order valence-electron chi connectivity index (χ4n) is 4.07. The summed E-state index contributed by atoms with van der Waals surface area (Å²) < 4.78 is 5.88. The minimum atomic E-state index is -0.0742. The van der Waals surface area contributed by atoms with E-state index in [1.807, 2.05) is 95.9 Å². The Hall–Kier alpha value is -3.86. The number of likely N-dealkylation sites (tertiary alicyclic amines) is 1. The highest BCUT2D eigenvalue weighted by molar-refractivity contribution is 5.92. The van der Waals surface area contributed by atoms with Crippen molar-refractivity contribution >= 4 is 17.9 Å². The summed E-state index contributed by atoms with van der Waals surface area (Å²) in [5, 5.41) is 3.09. The summed E-state index contributed by atoms with van der Waals surface area (Å²) in [6, 6.07) is 27.5. The van der Waals surface area contributed by atoms with E-state index in [9.17, 15) is 9.59 Å². The first-order valence-corrected chi connectivity index (χ1v) is 11.7. The molecular formula is C29H30N2O3. The summed E-state index contributed by atoms with van der Waals surface area (Å²) in [5.74, 6) is 0.789. The van der Waals surface area contributed by atoms with Gasteiger partial charge in [0.2, 0.25) is 11.8 Å². The van der Waals surface area contributed by atoms with Crippen molar-refractivity contribution < 1.29 is 14.3 Å². The van der Waals surface area contributed by atoms with Crippen LogP contribution in [0.15, 0.2) is 91.0 Å². The third-order valence-corrected chi connectivity index (χ3v) is 6.10. The van der Waals surface area contributed by atoms with Crippen molar-refractivity contribution in [1.29, 1.82) is 0 Å². The predicted octanol–water partition coefficient (Wildman–Crippen LogP) is 4.83. The van der Waals surface area contributed by atoms with E-state index in [1.54, 1.807) is 6.08 Å². The van der Waals surface area contributed by atoms with Gasteiger partial charge >= 0.3 is 0 Å². The molecule has 0 spiro atoms. The first kappa shape index (κ1) is 23.3. The minimum absolute atomic E-state index is 0.00458. The van der Waals surface area contributed by atoms with E-state index in [4.69, 9.17) is 4.74 Å². The predicted molar refractivity (Wildman–Crippen MR) is 134 cm³/mol. The van der Waals surface area contributed by atoms with E-state index in [0.717, 1.165) is 22.4 Å². The molecule has 1 heterocycles. The topological polar surface area (TPSA) is 58.6 Å². The maximum absolute atomic E-state index is 12.8. The van der Waals surface area contributed by atoms with Crippen LogP contribution in [0.1, 0.15) is 29.5 Å². The molecule has 1 aliphatic rings. The van der Waals surface area contributed by atoms with Crippen LogP contribution in [0.5, 0.6) is 5.75 Å². The summed E-state index contributed by atoms with van der Waals surface area (Å²) in [4.78, 5) is 27.1. The van der Waals surface area contributed by atoms with Crippen molar-refractivity contribution in [3.05, 3.63) is 108 Å². The van der Waals surface area contributed by atoms with Gasteiger partial charge in [0.25, 0.3) is 0 Å². The van der Waals surface area contributed by atoms with Crippen molar-refractivity contribution in [2.75, 3.05) is 13.1 Å². The van der Waals surface area contributed by atoms with Crippen LogP contribution >= 0.6 is 0 Å². The minimum Gasteiger partial charge on any atom is -0.489 e. The van der Waals surface area contributed by atoms with E-state index >= 15 is 0 Å². The SMILES string of the molecule is O=C(NCc1ccccc1COc1ccccc1)C1CCN(C(=O)/C=C/c2ccccc2)CC1. The van der Waals surface area contributed by atoms with Gasteiger partial charge in [-0.15, -0.1) is 0 Å². The lowest BCUT2D eigenvalue weighted by molar-refractivity contribution is -0.132. The monoisotopic (exact) mass is 454 g/mol. The summed E-state index contributed by atoms with van der Waals surface area (Å²) in [6.45, 7) is 2.11. The molecule has 0 saturated carbocycles. The Kier molecular flexibility index (Phi) is 8.12. The average Bonchev–Trinajstić information content (AvgIpc) is 2.91. The number of nitrogens with one attached hydrogen (secondary N) is 1. The quantitative estimate of drug-likeness (QED) is 0.496. The van der Waals surface area contributed by atoms with Crippen LogP contribution in [0.25, 0.3) is 6.08 Å². The maximum Gasteiger partial charge on any atom is 0.246 e. The lowest BCUT2D eigenvalue weighted by Gasteiger charge is -2.30. The number of hydrogen-bond acceptors (Lipinski definition) is 3. The Morgan fingerprint density at radius 1 is 0.853 bits per heavy atom. The van der Waals surface area contributed by atoms with Crippen LogP contribution in [-0.2, 0) is 22.7 Å². The average molecular weight is 455 g/mol. The molecule has 2 amide bonds. The first-order valence-electron chi connectivity index (χ1n) is 11.7. The Morgan fingerprint density at radius 2 is 1.47 bits per heavy atom. The largest absolute Gasteiger partial charge is 0.489 e. The molecular weight excluding hydrogens is 424 g/mol. The zero-order valence-corrected chi connectivity index (χ0v) is 19.2. The molecule has 1 aliphatic heterocycles. The van der Waals surface area contributed by atoms with E-state index in [2.05, 4.69) is 5.32 Å². The highest BCUT2D eigenvalue weighted by atomic mass is 16.5. The van der Waals surface area contributed by atoms with Gasteiger partial charge in [0.1, 0.15) is 12.4 Å². The zero-order chi connectivity index (χ0) is 23.6. The second kappa shape index (κ2) is 11.8. The number of ether oxygens (including phenoxy) is 1. The molecule has 174 valence electrons. The number of benzene rings is 3. The van der Waals surface area contributed by atoms with E-state index in [1.165, 1.54) is 0 Å².